The van der Waals surface area contributed by atoms with E-state index in [1.807, 2.05) is 6.92 Å². The lowest BCUT2D eigenvalue weighted by Gasteiger charge is -2.59. The highest BCUT2D eigenvalue weighted by atomic mass is 19.4. The van der Waals surface area contributed by atoms with Crippen LogP contribution in [-0.2, 0) is 4.74 Å². The molecule has 0 bridgehead atoms. The average Bonchev–Trinajstić information content (AvgIpc) is 2.93. The van der Waals surface area contributed by atoms with Crippen molar-refractivity contribution in [1.29, 1.82) is 0 Å². The van der Waals surface area contributed by atoms with Crippen LogP contribution in [0.25, 0.3) is 0 Å². The Balaban J connectivity index is 1.36. The van der Waals surface area contributed by atoms with E-state index in [1.165, 1.54) is 19.3 Å². The van der Waals surface area contributed by atoms with E-state index in [1.54, 1.807) is 0 Å². The SMILES string of the molecule is C[C@@]1(O)CC[C@H]2[C@H](CC[C@@H]3[C@@H]2CC[C@]2(C)[C@@H](C4(CC(F)(F)F)COC4)CC[C@@H]32)C1. The van der Waals surface area contributed by atoms with Crippen molar-refractivity contribution in [2.24, 2.45) is 46.3 Å². The van der Waals surface area contributed by atoms with Gasteiger partial charge in [-0.25, -0.2) is 0 Å². The summed E-state index contributed by atoms with van der Waals surface area (Å²) in [6, 6.07) is 0. The average molecular weight is 415 g/mol. The van der Waals surface area contributed by atoms with Gasteiger partial charge in [0.1, 0.15) is 0 Å². The lowest BCUT2D eigenvalue weighted by molar-refractivity contribution is -0.244. The molecule has 0 aromatic heterocycles. The van der Waals surface area contributed by atoms with Crippen molar-refractivity contribution >= 4 is 0 Å². The van der Waals surface area contributed by atoms with E-state index < -0.39 is 23.6 Å². The second-order valence-electron chi connectivity index (χ2n) is 12.0. The van der Waals surface area contributed by atoms with Crippen LogP contribution in [0.4, 0.5) is 13.2 Å². The van der Waals surface area contributed by atoms with Gasteiger partial charge < -0.3 is 9.84 Å². The Hall–Kier alpha value is -0.290. The third-order valence-corrected chi connectivity index (χ3v) is 10.3. The Morgan fingerprint density at radius 3 is 2.28 bits per heavy atom. The quantitative estimate of drug-likeness (QED) is 0.603. The number of ether oxygens (including phenoxy) is 1. The zero-order chi connectivity index (χ0) is 20.7. The molecule has 166 valence electrons. The largest absolute Gasteiger partial charge is 0.390 e. The van der Waals surface area contributed by atoms with E-state index >= 15 is 0 Å². The topological polar surface area (TPSA) is 29.5 Å². The normalized spacial score (nSPS) is 51.5. The number of hydrogen-bond donors (Lipinski definition) is 1. The van der Waals surface area contributed by atoms with Gasteiger partial charge in [-0.2, -0.15) is 13.2 Å². The first kappa shape index (κ1) is 20.6. The zero-order valence-corrected chi connectivity index (χ0v) is 17.9. The fraction of sp³-hybridized carbons (Fsp3) is 1.00. The maximum absolute atomic E-state index is 13.4. The summed E-state index contributed by atoms with van der Waals surface area (Å²) in [4.78, 5) is 0. The van der Waals surface area contributed by atoms with Gasteiger partial charge in [0.25, 0.3) is 0 Å². The van der Waals surface area contributed by atoms with Gasteiger partial charge in [-0.15, -0.1) is 0 Å². The van der Waals surface area contributed by atoms with Crippen LogP contribution in [0.2, 0.25) is 0 Å². The summed E-state index contributed by atoms with van der Waals surface area (Å²) >= 11 is 0. The van der Waals surface area contributed by atoms with Crippen molar-refractivity contribution in [2.45, 2.75) is 89.8 Å². The van der Waals surface area contributed by atoms with E-state index in [2.05, 4.69) is 6.92 Å². The monoisotopic (exact) mass is 414 g/mol. The summed E-state index contributed by atoms with van der Waals surface area (Å²) in [5.74, 6) is 3.54. The van der Waals surface area contributed by atoms with E-state index in [4.69, 9.17) is 4.74 Å². The van der Waals surface area contributed by atoms with E-state index in [0.29, 0.717) is 31.0 Å². The maximum Gasteiger partial charge on any atom is 0.389 e. The molecular weight excluding hydrogens is 377 g/mol. The maximum atomic E-state index is 13.4. The minimum absolute atomic E-state index is 0.0448. The summed E-state index contributed by atoms with van der Waals surface area (Å²) in [5.41, 5.74) is -1.12. The molecule has 1 aliphatic heterocycles. The number of aliphatic hydroxyl groups is 1. The Morgan fingerprint density at radius 2 is 1.62 bits per heavy atom. The minimum Gasteiger partial charge on any atom is -0.390 e. The number of hydrogen-bond acceptors (Lipinski definition) is 2. The molecular formula is C24H37F3O2. The predicted molar refractivity (Wildman–Crippen MR) is 105 cm³/mol. The number of halogens is 3. The van der Waals surface area contributed by atoms with Gasteiger partial charge in [-0.05, 0) is 106 Å². The molecule has 0 spiro atoms. The van der Waals surface area contributed by atoms with Gasteiger partial charge >= 0.3 is 6.18 Å². The number of rotatable bonds is 2. The molecule has 5 rings (SSSR count). The molecule has 1 N–H and O–H groups in total. The Bertz CT molecular complexity index is 641. The second kappa shape index (κ2) is 6.60. The van der Waals surface area contributed by atoms with Crippen molar-refractivity contribution in [1.82, 2.24) is 0 Å². The van der Waals surface area contributed by atoms with Gasteiger partial charge in [-0.3, -0.25) is 0 Å². The van der Waals surface area contributed by atoms with E-state index in [9.17, 15) is 18.3 Å². The molecule has 5 heteroatoms. The van der Waals surface area contributed by atoms with Crippen molar-refractivity contribution < 1.29 is 23.0 Å². The molecule has 5 fully saturated rings. The smallest absolute Gasteiger partial charge is 0.389 e. The Morgan fingerprint density at radius 1 is 0.897 bits per heavy atom. The van der Waals surface area contributed by atoms with Gasteiger partial charge in [0.15, 0.2) is 0 Å². The number of alkyl halides is 3. The van der Waals surface area contributed by atoms with Crippen molar-refractivity contribution in [3.05, 3.63) is 0 Å². The molecule has 1 heterocycles. The van der Waals surface area contributed by atoms with Crippen molar-refractivity contribution in [2.75, 3.05) is 13.2 Å². The second-order valence-corrected chi connectivity index (χ2v) is 12.0. The molecule has 29 heavy (non-hydrogen) atoms. The van der Waals surface area contributed by atoms with Gasteiger partial charge in [0, 0.05) is 5.41 Å². The van der Waals surface area contributed by atoms with Crippen LogP contribution in [0.1, 0.15) is 78.1 Å². The van der Waals surface area contributed by atoms with Gasteiger partial charge in [0.05, 0.1) is 25.2 Å². The summed E-state index contributed by atoms with van der Waals surface area (Å²) in [6.07, 6.45) is 4.97. The minimum atomic E-state index is -4.10. The predicted octanol–water partition coefficient (Wildman–Crippen LogP) is 5.98. The first-order valence-corrected chi connectivity index (χ1v) is 11.9. The molecule has 5 aliphatic rings. The highest BCUT2D eigenvalue weighted by molar-refractivity contribution is 5.11. The van der Waals surface area contributed by atoms with Gasteiger partial charge in [-0.1, -0.05) is 6.92 Å². The van der Waals surface area contributed by atoms with Crippen molar-refractivity contribution in [3.8, 4) is 0 Å². The van der Waals surface area contributed by atoms with E-state index in [0.717, 1.165) is 50.4 Å². The first-order chi connectivity index (χ1) is 13.5. The fourth-order valence-electron chi connectivity index (χ4n) is 9.28. The fourth-order valence-corrected chi connectivity index (χ4v) is 9.28. The molecule has 0 aromatic rings. The third-order valence-electron chi connectivity index (χ3n) is 10.3. The van der Waals surface area contributed by atoms with Crippen LogP contribution in [-0.4, -0.2) is 30.1 Å². The molecule has 0 radical (unpaired) electrons. The van der Waals surface area contributed by atoms with Crippen molar-refractivity contribution in [3.63, 3.8) is 0 Å². The van der Waals surface area contributed by atoms with Crippen LogP contribution in [0.5, 0.6) is 0 Å². The molecule has 4 saturated carbocycles. The molecule has 0 unspecified atom stereocenters. The van der Waals surface area contributed by atoms with Crippen LogP contribution in [0.3, 0.4) is 0 Å². The summed E-state index contributed by atoms with van der Waals surface area (Å²) in [5, 5.41) is 10.5. The van der Waals surface area contributed by atoms with Crippen LogP contribution in [0.15, 0.2) is 0 Å². The standard InChI is InChI=1S/C24H37F3O2/c1-21(28)9-7-16-15(11-21)3-4-18-17(16)8-10-22(2)19(18)5-6-20(22)23(13-29-14-23)12-24(25,26)27/h15-20,28H,3-14H2,1-2H3/t15-,16+,17-,18-,19+,20+,21-,22+/m1/s1. The Kier molecular flexibility index (Phi) is 4.69. The molecule has 4 aliphatic carbocycles. The lowest BCUT2D eigenvalue weighted by atomic mass is 9.47. The Labute approximate surface area is 173 Å². The summed E-state index contributed by atoms with van der Waals surface area (Å²) in [6.45, 7) is 4.93. The molecule has 2 nitrogen and oxygen atoms in total. The van der Waals surface area contributed by atoms with Crippen LogP contribution >= 0.6 is 0 Å². The zero-order valence-electron chi connectivity index (χ0n) is 17.9. The third kappa shape index (κ3) is 3.28. The molecule has 1 saturated heterocycles. The summed E-state index contributed by atoms with van der Waals surface area (Å²) in [7, 11) is 0. The van der Waals surface area contributed by atoms with Crippen LogP contribution < -0.4 is 0 Å². The molecule has 8 atom stereocenters. The van der Waals surface area contributed by atoms with Crippen LogP contribution in [0, 0.1) is 46.3 Å². The highest BCUT2D eigenvalue weighted by Gasteiger charge is 2.64. The molecule has 0 amide bonds. The summed E-state index contributed by atoms with van der Waals surface area (Å²) < 4.78 is 45.6. The highest BCUT2D eigenvalue weighted by Crippen LogP contribution is 2.69. The van der Waals surface area contributed by atoms with Gasteiger partial charge in [0.2, 0.25) is 0 Å². The lowest BCUT2D eigenvalue weighted by Crippen LogP contribution is -2.57. The molecule has 0 aromatic carbocycles. The van der Waals surface area contributed by atoms with E-state index in [-0.39, 0.29) is 11.3 Å². The first-order valence-electron chi connectivity index (χ1n) is 11.9. The number of fused-ring (bicyclic) bond motifs is 5.